The quantitative estimate of drug-likeness (QED) is 0.725. The van der Waals surface area contributed by atoms with Gasteiger partial charge in [0.1, 0.15) is 5.75 Å². The van der Waals surface area contributed by atoms with E-state index in [2.05, 4.69) is 0 Å². The fourth-order valence-electron chi connectivity index (χ4n) is 1.85. The number of fused-ring (bicyclic) bond motifs is 1. The number of hydrogen-bond acceptors (Lipinski definition) is 5. The Hall–Kier alpha value is -2.08. The molecule has 19 heavy (non-hydrogen) atoms. The molecule has 2 amide bonds. The summed E-state index contributed by atoms with van der Waals surface area (Å²) in [5.74, 6) is -0.486. The number of ether oxygens (including phenoxy) is 1. The molecule has 1 atom stereocenters. The third-order valence-corrected chi connectivity index (χ3v) is 2.85. The molecule has 6 nitrogen and oxygen atoms in total. The average Bonchev–Trinajstić information content (AvgIpc) is 2.30. The van der Waals surface area contributed by atoms with Crippen molar-refractivity contribution in [2.75, 3.05) is 10.6 Å². The summed E-state index contributed by atoms with van der Waals surface area (Å²) < 4.78 is 5.45. The molecule has 2 rings (SSSR count). The number of carbonyl (C=O) groups excluding carboxylic acids is 2. The van der Waals surface area contributed by atoms with Crippen molar-refractivity contribution < 1.29 is 14.3 Å². The third-order valence-electron chi connectivity index (χ3n) is 2.85. The number of nitrogens with zero attached hydrogens (tertiary/aromatic N) is 1. The van der Waals surface area contributed by atoms with Crippen molar-refractivity contribution in [3.8, 4) is 5.75 Å². The number of nitrogen functional groups attached to an aromatic ring is 1. The van der Waals surface area contributed by atoms with E-state index in [4.69, 9.17) is 16.2 Å². The first kappa shape index (κ1) is 13.4. The van der Waals surface area contributed by atoms with Crippen molar-refractivity contribution in [2.24, 2.45) is 5.73 Å². The largest absolute Gasteiger partial charge is 0.479 e. The van der Waals surface area contributed by atoms with Crippen LogP contribution in [0.15, 0.2) is 18.2 Å². The topological polar surface area (TPSA) is 98.7 Å². The summed E-state index contributed by atoms with van der Waals surface area (Å²) in [5.41, 5.74) is 11.1. The lowest BCUT2D eigenvalue weighted by Gasteiger charge is -2.34. The van der Waals surface area contributed by atoms with E-state index in [9.17, 15) is 9.59 Å². The molecule has 1 heterocycles. The predicted octanol–water partition coefficient (Wildman–Crippen LogP) is 0.647. The molecule has 1 unspecified atom stereocenters. The number of amides is 2. The molecule has 0 fully saturated rings. The summed E-state index contributed by atoms with van der Waals surface area (Å²) in [6.45, 7) is 4.69. The molecule has 0 bridgehead atoms. The molecule has 4 N–H and O–H groups in total. The highest BCUT2D eigenvalue weighted by Gasteiger charge is 2.40. The van der Waals surface area contributed by atoms with Gasteiger partial charge in [0.2, 0.25) is 0 Å². The highest BCUT2D eigenvalue weighted by molar-refractivity contribution is 6.20. The summed E-state index contributed by atoms with van der Waals surface area (Å²) in [5, 5.41) is 0. The Morgan fingerprint density at radius 1 is 1.42 bits per heavy atom. The molecule has 0 saturated heterocycles. The van der Waals surface area contributed by atoms with Gasteiger partial charge < -0.3 is 16.2 Å². The molecule has 1 aliphatic heterocycles. The van der Waals surface area contributed by atoms with Crippen LogP contribution in [0.3, 0.4) is 0 Å². The van der Waals surface area contributed by atoms with Crippen LogP contribution in [0.25, 0.3) is 0 Å². The van der Waals surface area contributed by atoms with E-state index in [0.29, 0.717) is 17.1 Å². The minimum absolute atomic E-state index is 0.339. The Bertz CT molecular complexity index is 549. The first-order valence-corrected chi connectivity index (χ1v) is 5.95. The van der Waals surface area contributed by atoms with E-state index >= 15 is 0 Å². The minimum atomic E-state index is -1.16. The lowest BCUT2D eigenvalue weighted by Crippen LogP contribution is -2.57. The predicted molar refractivity (Wildman–Crippen MR) is 71.7 cm³/mol. The lowest BCUT2D eigenvalue weighted by molar-refractivity contribution is -0.133. The SMILES string of the molecule is CC1Oc2ccc(N)cc2N(C(=O)C(C)(C)N)C1=O. The van der Waals surface area contributed by atoms with E-state index < -0.39 is 23.5 Å². The van der Waals surface area contributed by atoms with E-state index in [0.717, 1.165) is 4.90 Å². The summed E-state index contributed by atoms with van der Waals surface area (Å²) in [4.78, 5) is 25.6. The molecular weight excluding hydrogens is 246 g/mol. The van der Waals surface area contributed by atoms with Gasteiger partial charge in [-0.25, -0.2) is 4.90 Å². The number of rotatable bonds is 1. The molecule has 0 aliphatic carbocycles. The number of benzene rings is 1. The van der Waals surface area contributed by atoms with Gasteiger partial charge in [0, 0.05) is 5.69 Å². The molecule has 0 saturated carbocycles. The Labute approximate surface area is 111 Å². The number of carbonyl (C=O) groups is 2. The van der Waals surface area contributed by atoms with Gasteiger partial charge in [-0.15, -0.1) is 0 Å². The summed E-state index contributed by atoms with van der Waals surface area (Å²) >= 11 is 0. The second-order valence-electron chi connectivity index (χ2n) is 5.19. The van der Waals surface area contributed by atoms with Crippen molar-refractivity contribution in [1.82, 2.24) is 0 Å². The molecule has 1 aromatic carbocycles. The van der Waals surface area contributed by atoms with Crippen molar-refractivity contribution in [2.45, 2.75) is 32.4 Å². The first-order chi connectivity index (χ1) is 8.71. The van der Waals surface area contributed by atoms with Crippen LogP contribution >= 0.6 is 0 Å². The molecule has 6 heteroatoms. The normalized spacial score (nSPS) is 18.8. The number of nitrogens with two attached hydrogens (primary N) is 2. The van der Waals surface area contributed by atoms with Gasteiger partial charge in [-0.2, -0.15) is 0 Å². The second kappa shape index (κ2) is 4.24. The van der Waals surface area contributed by atoms with E-state index in [1.54, 1.807) is 32.9 Å². The van der Waals surface area contributed by atoms with E-state index in [1.165, 1.54) is 6.07 Å². The summed E-state index contributed by atoms with van der Waals surface area (Å²) in [6.07, 6.45) is -0.734. The summed E-state index contributed by atoms with van der Waals surface area (Å²) in [6, 6.07) is 4.82. The van der Waals surface area contributed by atoms with Gasteiger partial charge in [0.05, 0.1) is 11.2 Å². The van der Waals surface area contributed by atoms with Crippen LogP contribution in [0, 0.1) is 0 Å². The van der Waals surface area contributed by atoms with Crippen molar-refractivity contribution >= 4 is 23.2 Å². The van der Waals surface area contributed by atoms with Gasteiger partial charge in [0.25, 0.3) is 11.8 Å². The van der Waals surface area contributed by atoms with E-state index in [-0.39, 0.29) is 0 Å². The first-order valence-electron chi connectivity index (χ1n) is 5.95. The Morgan fingerprint density at radius 2 is 2.05 bits per heavy atom. The van der Waals surface area contributed by atoms with Gasteiger partial charge in [-0.3, -0.25) is 9.59 Å². The van der Waals surface area contributed by atoms with Crippen LogP contribution in [0.5, 0.6) is 5.75 Å². The highest BCUT2D eigenvalue weighted by atomic mass is 16.5. The zero-order chi connectivity index (χ0) is 14.4. The fraction of sp³-hybridized carbons (Fsp3) is 0.385. The van der Waals surface area contributed by atoms with E-state index in [1.807, 2.05) is 0 Å². The third kappa shape index (κ3) is 2.26. The van der Waals surface area contributed by atoms with Gasteiger partial charge >= 0.3 is 0 Å². The number of imide groups is 1. The molecule has 0 aromatic heterocycles. The molecule has 102 valence electrons. The van der Waals surface area contributed by atoms with Crippen LogP contribution in [-0.4, -0.2) is 23.5 Å². The van der Waals surface area contributed by atoms with Crippen LogP contribution in [-0.2, 0) is 9.59 Å². The minimum Gasteiger partial charge on any atom is -0.479 e. The molecule has 1 aliphatic rings. The number of anilines is 2. The second-order valence-corrected chi connectivity index (χ2v) is 5.19. The number of hydrogen-bond donors (Lipinski definition) is 2. The molecule has 0 spiro atoms. The van der Waals surface area contributed by atoms with Crippen LogP contribution in [0.4, 0.5) is 11.4 Å². The Kier molecular flexibility index (Phi) is 2.98. The average molecular weight is 263 g/mol. The van der Waals surface area contributed by atoms with Crippen LogP contribution in [0.1, 0.15) is 20.8 Å². The van der Waals surface area contributed by atoms with Crippen molar-refractivity contribution in [3.63, 3.8) is 0 Å². The maximum Gasteiger partial charge on any atom is 0.274 e. The van der Waals surface area contributed by atoms with Gasteiger partial charge in [0.15, 0.2) is 6.10 Å². The van der Waals surface area contributed by atoms with Crippen LogP contribution < -0.4 is 21.1 Å². The van der Waals surface area contributed by atoms with Gasteiger partial charge in [-0.1, -0.05) is 0 Å². The summed E-state index contributed by atoms with van der Waals surface area (Å²) in [7, 11) is 0. The van der Waals surface area contributed by atoms with Crippen molar-refractivity contribution in [1.29, 1.82) is 0 Å². The molecular formula is C13H17N3O3. The Balaban J connectivity index is 2.56. The zero-order valence-electron chi connectivity index (χ0n) is 11.1. The molecule has 0 radical (unpaired) electrons. The molecule has 1 aromatic rings. The van der Waals surface area contributed by atoms with Crippen molar-refractivity contribution in [3.05, 3.63) is 18.2 Å². The zero-order valence-corrected chi connectivity index (χ0v) is 11.1. The lowest BCUT2D eigenvalue weighted by atomic mass is 10.0. The highest BCUT2D eigenvalue weighted by Crippen LogP contribution is 2.36. The maximum absolute atomic E-state index is 12.3. The monoisotopic (exact) mass is 263 g/mol. The fourth-order valence-corrected chi connectivity index (χ4v) is 1.85. The van der Waals surface area contributed by atoms with Crippen LogP contribution in [0.2, 0.25) is 0 Å². The Morgan fingerprint density at radius 3 is 2.63 bits per heavy atom. The van der Waals surface area contributed by atoms with Gasteiger partial charge in [-0.05, 0) is 39.0 Å². The maximum atomic E-state index is 12.3. The smallest absolute Gasteiger partial charge is 0.274 e. The standard InChI is InChI=1S/C13H17N3O3/c1-7-11(17)16(12(18)13(2,3)15)9-6-8(14)4-5-10(9)19-7/h4-7H,14-15H2,1-3H3.